The molecule has 0 saturated carbocycles. The summed E-state index contributed by atoms with van der Waals surface area (Å²) in [4.78, 5) is 14.1. The van der Waals surface area contributed by atoms with Crippen LogP contribution < -0.4 is 0 Å². The maximum absolute atomic E-state index is 11.2. The Morgan fingerprint density at radius 2 is 2.00 bits per heavy atom. The molecule has 0 unspecified atom stereocenters. The highest BCUT2D eigenvalue weighted by Crippen LogP contribution is 2.15. The lowest BCUT2D eigenvalue weighted by atomic mass is 10.2. The van der Waals surface area contributed by atoms with E-state index in [1.54, 1.807) is 23.7 Å². The van der Waals surface area contributed by atoms with Gasteiger partial charge >= 0.3 is 0 Å². The maximum atomic E-state index is 11.2. The fraction of sp³-hybridized carbons (Fsp3) is 0.364. The SMILES string of the molecule is CSc1ccc(CN(C)C(=O)CCl)cc1. The molecule has 0 saturated heterocycles. The zero-order chi connectivity index (χ0) is 11.3. The number of carbonyl (C=O) groups excluding carboxylic acids is 1. The molecule has 0 aliphatic rings. The molecule has 1 rings (SSSR count). The van der Waals surface area contributed by atoms with Crippen LogP contribution in [0.5, 0.6) is 0 Å². The van der Waals surface area contributed by atoms with Gasteiger partial charge < -0.3 is 4.90 Å². The summed E-state index contributed by atoms with van der Waals surface area (Å²) >= 11 is 7.17. The van der Waals surface area contributed by atoms with Gasteiger partial charge in [0, 0.05) is 18.5 Å². The molecule has 0 bridgehead atoms. The number of nitrogens with zero attached hydrogens (tertiary/aromatic N) is 1. The van der Waals surface area contributed by atoms with Gasteiger partial charge in [0.1, 0.15) is 5.88 Å². The summed E-state index contributed by atoms with van der Waals surface area (Å²) in [7, 11) is 1.76. The van der Waals surface area contributed by atoms with E-state index >= 15 is 0 Å². The van der Waals surface area contributed by atoms with Crippen LogP contribution in [0.4, 0.5) is 0 Å². The molecule has 0 heterocycles. The minimum atomic E-state index is -0.0504. The van der Waals surface area contributed by atoms with E-state index in [4.69, 9.17) is 11.6 Å². The van der Waals surface area contributed by atoms with Gasteiger partial charge in [0.2, 0.25) is 5.91 Å². The van der Waals surface area contributed by atoms with Crippen molar-refractivity contribution in [2.24, 2.45) is 0 Å². The van der Waals surface area contributed by atoms with E-state index in [-0.39, 0.29) is 11.8 Å². The first-order valence-electron chi connectivity index (χ1n) is 4.60. The van der Waals surface area contributed by atoms with Gasteiger partial charge in [-0.05, 0) is 24.0 Å². The lowest BCUT2D eigenvalue weighted by Gasteiger charge is -2.15. The standard InChI is InChI=1S/C11H14ClNOS/c1-13(11(14)7-12)8-9-3-5-10(15-2)6-4-9/h3-6H,7-8H2,1-2H3. The fourth-order valence-corrected chi connectivity index (χ4v) is 1.81. The first kappa shape index (κ1) is 12.4. The predicted molar refractivity (Wildman–Crippen MR) is 65.4 cm³/mol. The molecule has 0 atom stereocenters. The molecule has 1 aromatic carbocycles. The van der Waals surface area contributed by atoms with Gasteiger partial charge in [0.05, 0.1) is 0 Å². The second-order valence-electron chi connectivity index (χ2n) is 3.23. The Morgan fingerprint density at radius 3 is 2.47 bits per heavy atom. The van der Waals surface area contributed by atoms with E-state index < -0.39 is 0 Å². The Bertz CT molecular complexity index is 326. The van der Waals surface area contributed by atoms with Crippen LogP contribution in [0.15, 0.2) is 29.2 Å². The van der Waals surface area contributed by atoms with Crippen LogP contribution in [0, 0.1) is 0 Å². The van der Waals surface area contributed by atoms with Crippen LogP contribution in [0.25, 0.3) is 0 Å². The van der Waals surface area contributed by atoms with Crippen LogP contribution in [0.3, 0.4) is 0 Å². The molecule has 82 valence electrons. The predicted octanol–water partition coefficient (Wildman–Crippen LogP) is 2.61. The van der Waals surface area contributed by atoms with E-state index in [9.17, 15) is 4.79 Å². The van der Waals surface area contributed by atoms with Crippen molar-refractivity contribution < 1.29 is 4.79 Å². The molecule has 1 aromatic rings. The largest absolute Gasteiger partial charge is 0.340 e. The summed E-state index contributed by atoms with van der Waals surface area (Å²) in [6.45, 7) is 0.611. The summed E-state index contributed by atoms with van der Waals surface area (Å²) in [5.74, 6) is -0.00929. The fourth-order valence-electron chi connectivity index (χ4n) is 1.20. The third-order valence-corrected chi connectivity index (χ3v) is 3.09. The van der Waals surface area contributed by atoms with E-state index in [1.807, 2.05) is 18.4 Å². The number of thioether (sulfide) groups is 1. The molecule has 0 aliphatic heterocycles. The van der Waals surface area contributed by atoms with Gasteiger partial charge in [-0.1, -0.05) is 12.1 Å². The quantitative estimate of drug-likeness (QED) is 0.599. The summed E-state index contributed by atoms with van der Waals surface area (Å²) in [5, 5.41) is 0. The molecule has 0 aliphatic carbocycles. The number of carbonyl (C=O) groups is 1. The number of hydrogen-bond acceptors (Lipinski definition) is 2. The van der Waals surface area contributed by atoms with Crippen LogP contribution in [-0.4, -0.2) is 30.0 Å². The number of halogens is 1. The zero-order valence-electron chi connectivity index (χ0n) is 8.87. The first-order chi connectivity index (χ1) is 7.17. The Labute approximate surface area is 99.6 Å². The molecule has 1 amide bonds. The molecule has 0 aromatic heterocycles. The number of hydrogen-bond donors (Lipinski definition) is 0. The first-order valence-corrected chi connectivity index (χ1v) is 6.36. The second-order valence-corrected chi connectivity index (χ2v) is 4.38. The van der Waals surface area contributed by atoms with E-state index in [0.717, 1.165) is 5.56 Å². The molecule has 0 N–H and O–H groups in total. The molecule has 0 spiro atoms. The zero-order valence-corrected chi connectivity index (χ0v) is 10.4. The van der Waals surface area contributed by atoms with Gasteiger partial charge in [0.25, 0.3) is 0 Å². The average molecular weight is 244 g/mol. The van der Waals surface area contributed by atoms with Crippen molar-refractivity contribution in [3.8, 4) is 0 Å². The molecular formula is C11H14ClNOS. The number of amides is 1. The third-order valence-electron chi connectivity index (χ3n) is 2.12. The number of benzene rings is 1. The van der Waals surface area contributed by atoms with Gasteiger partial charge in [-0.15, -0.1) is 23.4 Å². The van der Waals surface area contributed by atoms with Crippen LogP contribution >= 0.6 is 23.4 Å². The average Bonchev–Trinajstić information content (AvgIpc) is 2.29. The normalized spacial score (nSPS) is 10.1. The van der Waals surface area contributed by atoms with E-state index in [1.165, 1.54) is 4.90 Å². The minimum Gasteiger partial charge on any atom is -0.340 e. The number of alkyl halides is 1. The smallest absolute Gasteiger partial charge is 0.237 e. The lowest BCUT2D eigenvalue weighted by molar-refractivity contribution is -0.127. The topological polar surface area (TPSA) is 20.3 Å². The third kappa shape index (κ3) is 3.76. The van der Waals surface area contributed by atoms with Crippen molar-refractivity contribution in [1.29, 1.82) is 0 Å². The minimum absolute atomic E-state index is 0.0411. The van der Waals surface area contributed by atoms with E-state index in [0.29, 0.717) is 6.54 Å². The monoisotopic (exact) mass is 243 g/mol. The highest BCUT2D eigenvalue weighted by atomic mass is 35.5. The lowest BCUT2D eigenvalue weighted by Crippen LogP contribution is -2.26. The molecule has 2 nitrogen and oxygen atoms in total. The summed E-state index contributed by atoms with van der Waals surface area (Å²) in [6, 6.07) is 8.17. The Balaban J connectivity index is 2.60. The Morgan fingerprint density at radius 1 is 1.40 bits per heavy atom. The van der Waals surface area contributed by atoms with Crippen molar-refractivity contribution in [1.82, 2.24) is 4.90 Å². The summed E-state index contributed by atoms with van der Waals surface area (Å²) in [5.41, 5.74) is 1.12. The molecule has 4 heteroatoms. The molecular weight excluding hydrogens is 230 g/mol. The van der Waals surface area contributed by atoms with Gasteiger partial charge in [-0.2, -0.15) is 0 Å². The van der Waals surface area contributed by atoms with Crippen LogP contribution in [-0.2, 0) is 11.3 Å². The highest BCUT2D eigenvalue weighted by molar-refractivity contribution is 7.98. The molecule has 0 radical (unpaired) electrons. The Kier molecular flexibility index (Phi) is 4.99. The maximum Gasteiger partial charge on any atom is 0.237 e. The van der Waals surface area contributed by atoms with Gasteiger partial charge in [-0.25, -0.2) is 0 Å². The summed E-state index contributed by atoms with van der Waals surface area (Å²) < 4.78 is 0. The van der Waals surface area contributed by atoms with Crippen molar-refractivity contribution >= 4 is 29.3 Å². The number of rotatable bonds is 4. The van der Waals surface area contributed by atoms with Crippen molar-refractivity contribution in [3.63, 3.8) is 0 Å². The van der Waals surface area contributed by atoms with Crippen LogP contribution in [0.1, 0.15) is 5.56 Å². The van der Waals surface area contributed by atoms with E-state index in [2.05, 4.69) is 12.1 Å². The summed E-state index contributed by atoms with van der Waals surface area (Å²) in [6.07, 6.45) is 2.04. The van der Waals surface area contributed by atoms with Gasteiger partial charge in [-0.3, -0.25) is 4.79 Å². The van der Waals surface area contributed by atoms with Crippen molar-refractivity contribution in [2.45, 2.75) is 11.4 Å². The highest BCUT2D eigenvalue weighted by Gasteiger charge is 2.06. The van der Waals surface area contributed by atoms with Crippen LogP contribution in [0.2, 0.25) is 0 Å². The van der Waals surface area contributed by atoms with Gasteiger partial charge in [0.15, 0.2) is 0 Å². The Hall–Kier alpha value is -0.670. The molecule has 15 heavy (non-hydrogen) atoms. The molecule has 0 fully saturated rings. The second kappa shape index (κ2) is 6.03. The van der Waals surface area contributed by atoms with Crippen molar-refractivity contribution in [2.75, 3.05) is 19.2 Å². The van der Waals surface area contributed by atoms with Crippen molar-refractivity contribution in [3.05, 3.63) is 29.8 Å².